The lowest BCUT2D eigenvalue weighted by molar-refractivity contribution is 0.0769. The molecule has 1 aliphatic rings. The number of hydrogen-bond acceptors (Lipinski definition) is 4. The van der Waals surface area contributed by atoms with E-state index < -0.39 is 0 Å². The molecule has 1 heterocycles. The molecule has 0 bridgehead atoms. The van der Waals surface area contributed by atoms with Crippen LogP contribution in [0.3, 0.4) is 0 Å². The van der Waals surface area contributed by atoms with Crippen molar-refractivity contribution in [2.45, 2.75) is 0 Å². The van der Waals surface area contributed by atoms with Crippen molar-refractivity contribution in [3.63, 3.8) is 0 Å². The van der Waals surface area contributed by atoms with Crippen molar-refractivity contribution >= 4 is 17.7 Å². The second kappa shape index (κ2) is 6.00. The molecule has 1 aliphatic heterocycles. The molecule has 98 valence electrons. The molecule has 0 N–H and O–H groups in total. The summed E-state index contributed by atoms with van der Waals surface area (Å²) >= 11 is 1.88. The molecule has 1 fully saturated rings. The Bertz CT molecular complexity index is 430. The van der Waals surface area contributed by atoms with Crippen molar-refractivity contribution in [2.24, 2.45) is 0 Å². The Labute approximate surface area is 111 Å². The standard InChI is InChI=1S/C13H17NO3S/c1-16-10-3-4-11(12(9-10)17-2)13(15)14-5-7-18-8-6-14/h3-4,9H,5-8H2,1-2H3. The first kappa shape index (κ1) is 13.1. The van der Waals surface area contributed by atoms with Gasteiger partial charge in [0, 0.05) is 30.7 Å². The van der Waals surface area contributed by atoms with Crippen LogP contribution < -0.4 is 9.47 Å². The summed E-state index contributed by atoms with van der Waals surface area (Å²) in [5.74, 6) is 3.30. The van der Waals surface area contributed by atoms with Crippen LogP contribution in [0.1, 0.15) is 10.4 Å². The zero-order valence-corrected chi connectivity index (χ0v) is 11.5. The van der Waals surface area contributed by atoms with E-state index in [1.165, 1.54) is 0 Å². The number of ether oxygens (including phenoxy) is 2. The Hall–Kier alpha value is -1.36. The number of hydrogen-bond donors (Lipinski definition) is 0. The second-order valence-electron chi connectivity index (χ2n) is 3.97. The highest BCUT2D eigenvalue weighted by Crippen LogP contribution is 2.26. The fraction of sp³-hybridized carbons (Fsp3) is 0.462. The van der Waals surface area contributed by atoms with Gasteiger partial charge in [0.05, 0.1) is 19.8 Å². The maximum Gasteiger partial charge on any atom is 0.257 e. The van der Waals surface area contributed by atoms with E-state index in [4.69, 9.17) is 9.47 Å². The second-order valence-corrected chi connectivity index (χ2v) is 5.20. The highest BCUT2D eigenvalue weighted by molar-refractivity contribution is 7.99. The van der Waals surface area contributed by atoms with Gasteiger partial charge in [-0.2, -0.15) is 11.8 Å². The van der Waals surface area contributed by atoms with E-state index in [0.29, 0.717) is 17.1 Å². The zero-order chi connectivity index (χ0) is 13.0. The first-order valence-electron chi connectivity index (χ1n) is 5.85. The molecule has 0 saturated carbocycles. The largest absolute Gasteiger partial charge is 0.497 e. The van der Waals surface area contributed by atoms with E-state index >= 15 is 0 Å². The summed E-state index contributed by atoms with van der Waals surface area (Å²) < 4.78 is 10.4. The fourth-order valence-corrected chi connectivity index (χ4v) is 2.82. The summed E-state index contributed by atoms with van der Waals surface area (Å²) in [4.78, 5) is 14.3. The molecule has 1 amide bonds. The molecular weight excluding hydrogens is 250 g/mol. The van der Waals surface area contributed by atoms with Gasteiger partial charge in [0.2, 0.25) is 0 Å². The Morgan fingerprint density at radius 3 is 2.56 bits per heavy atom. The van der Waals surface area contributed by atoms with E-state index in [-0.39, 0.29) is 5.91 Å². The van der Waals surface area contributed by atoms with Crippen molar-refractivity contribution in [3.05, 3.63) is 23.8 Å². The molecule has 0 unspecified atom stereocenters. The molecule has 18 heavy (non-hydrogen) atoms. The minimum atomic E-state index is 0.0369. The maximum atomic E-state index is 12.4. The number of thioether (sulfide) groups is 1. The molecule has 0 aliphatic carbocycles. The molecule has 0 atom stereocenters. The van der Waals surface area contributed by atoms with Gasteiger partial charge >= 0.3 is 0 Å². The number of rotatable bonds is 3. The van der Waals surface area contributed by atoms with Gasteiger partial charge in [0.15, 0.2) is 0 Å². The third kappa shape index (κ3) is 2.72. The van der Waals surface area contributed by atoms with Crippen molar-refractivity contribution in [2.75, 3.05) is 38.8 Å². The summed E-state index contributed by atoms with van der Waals surface area (Å²) in [6.07, 6.45) is 0. The summed E-state index contributed by atoms with van der Waals surface area (Å²) in [5, 5.41) is 0. The quantitative estimate of drug-likeness (QED) is 0.838. The minimum Gasteiger partial charge on any atom is -0.497 e. The van der Waals surface area contributed by atoms with Gasteiger partial charge in [0.25, 0.3) is 5.91 Å². The van der Waals surface area contributed by atoms with Gasteiger partial charge < -0.3 is 14.4 Å². The lowest BCUT2D eigenvalue weighted by Gasteiger charge is -2.27. The number of methoxy groups -OCH3 is 2. The van der Waals surface area contributed by atoms with Crippen molar-refractivity contribution < 1.29 is 14.3 Å². The third-order valence-corrected chi connectivity index (χ3v) is 3.88. The van der Waals surface area contributed by atoms with Gasteiger partial charge in [-0.3, -0.25) is 4.79 Å². The van der Waals surface area contributed by atoms with Crippen LogP contribution in [0, 0.1) is 0 Å². The van der Waals surface area contributed by atoms with Crippen molar-refractivity contribution in [1.82, 2.24) is 4.90 Å². The lowest BCUT2D eigenvalue weighted by atomic mass is 10.1. The number of benzene rings is 1. The van der Waals surface area contributed by atoms with Crippen LogP contribution in [0.5, 0.6) is 11.5 Å². The molecule has 0 aromatic heterocycles. The summed E-state index contributed by atoms with van der Waals surface area (Å²) in [7, 11) is 3.16. The normalized spacial score (nSPS) is 15.3. The fourth-order valence-electron chi connectivity index (χ4n) is 1.91. The number of nitrogens with zero attached hydrogens (tertiary/aromatic N) is 1. The zero-order valence-electron chi connectivity index (χ0n) is 10.6. The molecule has 2 rings (SSSR count). The van der Waals surface area contributed by atoms with E-state index in [1.54, 1.807) is 32.4 Å². The Kier molecular flexibility index (Phi) is 4.36. The third-order valence-electron chi connectivity index (χ3n) is 2.94. The van der Waals surface area contributed by atoms with Gasteiger partial charge in [-0.15, -0.1) is 0 Å². The smallest absolute Gasteiger partial charge is 0.257 e. The topological polar surface area (TPSA) is 38.8 Å². The Balaban J connectivity index is 2.23. The average Bonchev–Trinajstić information content (AvgIpc) is 2.46. The van der Waals surface area contributed by atoms with E-state index in [0.717, 1.165) is 24.6 Å². The molecule has 1 aromatic carbocycles. The highest BCUT2D eigenvalue weighted by Gasteiger charge is 2.21. The monoisotopic (exact) mass is 267 g/mol. The van der Waals surface area contributed by atoms with E-state index in [2.05, 4.69) is 0 Å². The molecule has 4 nitrogen and oxygen atoms in total. The van der Waals surface area contributed by atoms with Gasteiger partial charge in [-0.25, -0.2) is 0 Å². The van der Waals surface area contributed by atoms with Crippen molar-refractivity contribution in [3.8, 4) is 11.5 Å². The summed E-state index contributed by atoms with van der Waals surface area (Å²) in [6, 6.07) is 5.29. The Morgan fingerprint density at radius 1 is 1.22 bits per heavy atom. The van der Waals surface area contributed by atoms with E-state index in [1.807, 2.05) is 16.7 Å². The van der Waals surface area contributed by atoms with Gasteiger partial charge in [0.1, 0.15) is 11.5 Å². The predicted octanol–water partition coefficient (Wildman–Crippen LogP) is 1.89. The van der Waals surface area contributed by atoms with Crippen LogP contribution in [0.2, 0.25) is 0 Å². The number of carbonyl (C=O) groups excluding carboxylic acids is 1. The van der Waals surface area contributed by atoms with Crippen LogP contribution in [0.4, 0.5) is 0 Å². The first-order valence-corrected chi connectivity index (χ1v) is 7.01. The van der Waals surface area contributed by atoms with E-state index in [9.17, 15) is 4.79 Å². The molecule has 1 aromatic rings. The summed E-state index contributed by atoms with van der Waals surface area (Å²) in [5.41, 5.74) is 0.602. The summed E-state index contributed by atoms with van der Waals surface area (Å²) in [6.45, 7) is 1.61. The van der Waals surface area contributed by atoms with Crippen LogP contribution in [0.15, 0.2) is 18.2 Å². The minimum absolute atomic E-state index is 0.0369. The highest BCUT2D eigenvalue weighted by atomic mass is 32.2. The molecule has 0 radical (unpaired) electrons. The van der Waals surface area contributed by atoms with Crippen LogP contribution in [0.25, 0.3) is 0 Å². The average molecular weight is 267 g/mol. The molecular formula is C13H17NO3S. The maximum absolute atomic E-state index is 12.4. The van der Waals surface area contributed by atoms with Crippen LogP contribution in [-0.4, -0.2) is 49.6 Å². The first-order chi connectivity index (χ1) is 8.76. The van der Waals surface area contributed by atoms with Crippen LogP contribution >= 0.6 is 11.8 Å². The van der Waals surface area contributed by atoms with Crippen LogP contribution in [-0.2, 0) is 0 Å². The Morgan fingerprint density at radius 2 is 1.94 bits per heavy atom. The number of amides is 1. The van der Waals surface area contributed by atoms with Crippen molar-refractivity contribution in [1.29, 1.82) is 0 Å². The predicted molar refractivity (Wildman–Crippen MR) is 72.8 cm³/mol. The lowest BCUT2D eigenvalue weighted by Crippen LogP contribution is -2.38. The number of carbonyl (C=O) groups is 1. The SMILES string of the molecule is COc1ccc(C(=O)N2CCSCC2)c(OC)c1. The van der Waals surface area contributed by atoms with Gasteiger partial charge in [-0.05, 0) is 12.1 Å². The van der Waals surface area contributed by atoms with Gasteiger partial charge in [-0.1, -0.05) is 0 Å². The molecule has 1 saturated heterocycles. The molecule has 0 spiro atoms. The molecule has 5 heteroatoms.